The Bertz CT molecular complexity index is 1680. The number of anilines is 1. The van der Waals surface area contributed by atoms with E-state index < -0.39 is 17.6 Å². The van der Waals surface area contributed by atoms with Gasteiger partial charge in [-0.25, -0.2) is 18.6 Å². The van der Waals surface area contributed by atoms with Gasteiger partial charge in [0.2, 0.25) is 0 Å². The molecular weight excluding hydrogens is 567 g/mol. The summed E-state index contributed by atoms with van der Waals surface area (Å²) in [5.41, 5.74) is 3.26. The van der Waals surface area contributed by atoms with Crippen molar-refractivity contribution in [1.82, 2.24) is 10.1 Å². The molecule has 3 aliphatic rings. The Hall–Kier alpha value is -3.01. The van der Waals surface area contributed by atoms with E-state index in [4.69, 9.17) is 27.7 Å². The fourth-order valence-electron chi connectivity index (χ4n) is 5.76. The van der Waals surface area contributed by atoms with Crippen LogP contribution in [0.4, 0.5) is 13.9 Å². The first-order valence-electron chi connectivity index (χ1n) is 12.7. The van der Waals surface area contributed by atoms with Gasteiger partial charge in [0.25, 0.3) is 0 Å². The number of piperidine rings is 1. The van der Waals surface area contributed by atoms with Crippen LogP contribution in [0.3, 0.4) is 0 Å². The molecule has 1 saturated heterocycles. The van der Waals surface area contributed by atoms with Crippen molar-refractivity contribution in [1.29, 1.82) is 0 Å². The molecule has 0 amide bonds. The van der Waals surface area contributed by atoms with Gasteiger partial charge in [0.05, 0.1) is 20.3 Å². The first kappa shape index (κ1) is 25.0. The molecule has 1 saturated carbocycles. The predicted molar refractivity (Wildman–Crippen MR) is 147 cm³/mol. The number of aromatic nitrogens is 2. The molecule has 39 heavy (non-hydrogen) atoms. The standard InChI is InChI=1S/C28H21Cl2F2N3O3S/c29-17-9-16(31)10-18(30)22(17)24-21(25(38-34-24)13-1-2-13)15-11-28(12-15)3-5-35(6-4-28)27-33-23-19(32)7-14(26(36)37)8-20(23)39-27/h7-11,13H,1-6,12H2,(H,36,37). The zero-order valence-corrected chi connectivity index (χ0v) is 22.8. The maximum Gasteiger partial charge on any atom is 0.335 e. The Balaban J connectivity index is 1.15. The van der Waals surface area contributed by atoms with E-state index in [1.54, 1.807) is 0 Å². The van der Waals surface area contributed by atoms with Crippen LogP contribution >= 0.6 is 34.5 Å². The quantitative estimate of drug-likeness (QED) is 0.253. The van der Waals surface area contributed by atoms with Crippen molar-refractivity contribution in [3.8, 4) is 11.3 Å². The molecular formula is C28H21Cl2F2N3O3S. The molecule has 200 valence electrons. The lowest BCUT2D eigenvalue weighted by atomic mass is 9.63. The molecule has 7 rings (SSSR count). The van der Waals surface area contributed by atoms with Crippen molar-refractivity contribution in [3.63, 3.8) is 0 Å². The number of benzene rings is 2. The highest BCUT2D eigenvalue weighted by molar-refractivity contribution is 7.22. The molecule has 3 heterocycles. The number of halogens is 4. The summed E-state index contributed by atoms with van der Waals surface area (Å²) in [7, 11) is 0. The second-order valence-electron chi connectivity index (χ2n) is 10.6. The lowest BCUT2D eigenvalue weighted by molar-refractivity contribution is 0.0696. The van der Waals surface area contributed by atoms with Crippen LogP contribution in [0.2, 0.25) is 10.0 Å². The lowest BCUT2D eigenvalue weighted by Crippen LogP contribution is -2.42. The number of hydrogen-bond acceptors (Lipinski definition) is 6. The van der Waals surface area contributed by atoms with Gasteiger partial charge in [0.1, 0.15) is 22.8 Å². The summed E-state index contributed by atoms with van der Waals surface area (Å²) in [5, 5.41) is 14.7. The van der Waals surface area contributed by atoms with Gasteiger partial charge in [-0.05, 0) is 67.4 Å². The van der Waals surface area contributed by atoms with Crippen LogP contribution in [-0.4, -0.2) is 34.3 Å². The Morgan fingerprint density at radius 2 is 1.79 bits per heavy atom. The van der Waals surface area contributed by atoms with Crippen LogP contribution in [0.5, 0.6) is 0 Å². The van der Waals surface area contributed by atoms with Crippen molar-refractivity contribution >= 4 is 61.4 Å². The minimum absolute atomic E-state index is 0.0238. The second-order valence-corrected chi connectivity index (χ2v) is 12.4. The van der Waals surface area contributed by atoms with Crippen molar-refractivity contribution < 1.29 is 23.2 Å². The zero-order chi connectivity index (χ0) is 27.1. The van der Waals surface area contributed by atoms with Gasteiger partial charge < -0.3 is 14.5 Å². The first-order valence-corrected chi connectivity index (χ1v) is 14.2. The summed E-state index contributed by atoms with van der Waals surface area (Å²) in [6.45, 7) is 1.50. The molecule has 2 fully saturated rings. The van der Waals surface area contributed by atoms with Crippen LogP contribution in [0.15, 0.2) is 34.9 Å². The molecule has 1 aliphatic heterocycles. The monoisotopic (exact) mass is 587 g/mol. The van der Waals surface area contributed by atoms with Crippen LogP contribution in [-0.2, 0) is 0 Å². The summed E-state index contributed by atoms with van der Waals surface area (Å²) < 4.78 is 34.7. The maximum atomic E-state index is 14.5. The fraction of sp³-hybridized carbons (Fsp3) is 0.321. The van der Waals surface area contributed by atoms with Gasteiger partial charge in [0.15, 0.2) is 10.9 Å². The van der Waals surface area contributed by atoms with Gasteiger partial charge in [-0.1, -0.05) is 45.8 Å². The third-order valence-corrected chi connectivity index (χ3v) is 9.63. The topological polar surface area (TPSA) is 79.5 Å². The van der Waals surface area contributed by atoms with Gasteiger partial charge in [-0.3, -0.25) is 0 Å². The third-order valence-electron chi connectivity index (χ3n) is 7.97. The third kappa shape index (κ3) is 4.22. The van der Waals surface area contributed by atoms with E-state index in [-0.39, 0.29) is 26.5 Å². The van der Waals surface area contributed by atoms with E-state index in [1.807, 2.05) is 0 Å². The van der Waals surface area contributed by atoms with Crippen LogP contribution in [0, 0.1) is 17.0 Å². The van der Waals surface area contributed by atoms with Crippen molar-refractivity contribution in [2.24, 2.45) is 5.41 Å². The average molecular weight is 588 g/mol. The molecule has 0 bridgehead atoms. The molecule has 1 N–H and O–H groups in total. The highest BCUT2D eigenvalue weighted by Gasteiger charge is 2.44. The molecule has 4 aromatic rings. The summed E-state index contributed by atoms with van der Waals surface area (Å²) in [5.74, 6) is -1.13. The van der Waals surface area contributed by atoms with E-state index in [9.17, 15) is 18.7 Å². The van der Waals surface area contributed by atoms with Crippen LogP contribution in [0.1, 0.15) is 59.7 Å². The largest absolute Gasteiger partial charge is 0.478 e. The fourth-order valence-corrected chi connectivity index (χ4v) is 7.47. The summed E-state index contributed by atoms with van der Waals surface area (Å²) in [6.07, 6.45) is 7.02. The van der Waals surface area contributed by atoms with Crippen LogP contribution < -0.4 is 4.90 Å². The number of rotatable bonds is 5. The molecule has 0 atom stereocenters. The van der Waals surface area contributed by atoms with Crippen molar-refractivity contribution in [2.45, 2.75) is 38.0 Å². The number of allylic oxidation sites excluding steroid dienone is 2. The number of nitrogens with zero attached hydrogens (tertiary/aromatic N) is 3. The van der Waals surface area contributed by atoms with Gasteiger partial charge >= 0.3 is 5.97 Å². The highest BCUT2D eigenvalue weighted by atomic mass is 35.5. The van der Waals surface area contributed by atoms with Crippen molar-refractivity contribution in [2.75, 3.05) is 18.0 Å². The Labute approximate surface area is 235 Å². The summed E-state index contributed by atoms with van der Waals surface area (Å²) in [4.78, 5) is 17.9. The first-order chi connectivity index (χ1) is 18.7. The van der Waals surface area contributed by atoms with E-state index in [1.165, 1.54) is 29.5 Å². The smallest absolute Gasteiger partial charge is 0.335 e. The highest BCUT2D eigenvalue weighted by Crippen LogP contribution is 2.56. The molecule has 2 aliphatic carbocycles. The minimum Gasteiger partial charge on any atom is -0.478 e. The SMILES string of the molecule is O=C(O)c1cc(F)c2nc(N3CCC4(C=C(c5c(-c6c(Cl)cc(F)cc6Cl)noc5C5CC5)C4)CC3)sc2c1. The molecule has 11 heteroatoms. The Morgan fingerprint density at radius 1 is 1.10 bits per heavy atom. The van der Waals surface area contributed by atoms with E-state index >= 15 is 0 Å². The number of aromatic carboxylic acids is 1. The molecule has 0 radical (unpaired) electrons. The van der Waals surface area contributed by atoms with Gasteiger partial charge in [0, 0.05) is 30.1 Å². The molecule has 2 aromatic heterocycles. The van der Waals surface area contributed by atoms with E-state index in [2.05, 4.69) is 21.1 Å². The average Bonchev–Trinajstić information content (AvgIpc) is 3.47. The number of carboxylic acids is 1. The Kier molecular flexibility index (Phi) is 5.77. The molecule has 0 unspecified atom stereocenters. The van der Waals surface area contributed by atoms with E-state index in [0.29, 0.717) is 27.0 Å². The normalized spacial score (nSPS) is 18.5. The van der Waals surface area contributed by atoms with Crippen LogP contribution in [0.25, 0.3) is 27.0 Å². The second kappa shape index (κ2) is 9.01. The molecule has 6 nitrogen and oxygen atoms in total. The minimum atomic E-state index is -1.16. The lowest BCUT2D eigenvalue weighted by Gasteiger charge is -2.46. The molecule has 2 aromatic carbocycles. The summed E-state index contributed by atoms with van der Waals surface area (Å²) >= 11 is 14.1. The zero-order valence-electron chi connectivity index (χ0n) is 20.4. The number of thiazole rings is 1. The van der Waals surface area contributed by atoms with Crippen molar-refractivity contribution in [3.05, 3.63) is 68.9 Å². The Morgan fingerprint density at radius 3 is 2.44 bits per heavy atom. The van der Waals surface area contributed by atoms with Gasteiger partial charge in [-0.2, -0.15) is 0 Å². The predicted octanol–water partition coefficient (Wildman–Crippen LogP) is 8.19. The number of fused-ring (bicyclic) bond motifs is 1. The summed E-state index contributed by atoms with van der Waals surface area (Å²) in [6, 6.07) is 4.96. The molecule has 1 spiro atoms. The maximum absolute atomic E-state index is 14.5. The van der Waals surface area contributed by atoms with Gasteiger partial charge in [-0.15, -0.1) is 0 Å². The number of carboxylic acid groups (broad SMARTS) is 1. The number of carbonyl (C=O) groups is 1. The number of hydrogen-bond donors (Lipinski definition) is 1. The van der Waals surface area contributed by atoms with E-state index in [0.717, 1.165) is 68.2 Å².